The van der Waals surface area contributed by atoms with Gasteiger partial charge in [-0.25, -0.2) is 9.37 Å². The maximum Gasteiger partial charge on any atom is 0.203 e. The minimum Gasteiger partial charge on any atom is -0.345 e. The predicted molar refractivity (Wildman–Crippen MR) is 110 cm³/mol. The van der Waals surface area contributed by atoms with Gasteiger partial charge in [0.25, 0.3) is 0 Å². The van der Waals surface area contributed by atoms with Gasteiger partial charge in [-0.2, -0.15) is 5.10 Å². The first-order valence-electron chi connectivity index (χ1n) is 9.31. The number of nitrogens with zero attached hydrogens (tertiary/aromatic N) is 3. The highest BCUT2D eigenvalue weighted by atomic mass is 32.1. The number of hydrogen-bond acceptors (Lipinski definition) is 4. The van der Waals surface area contributed by atoms with E-state index >= 15 is 0 Å². The van der Waals surface area contributed by atoms with E-state index in [4.69, 9.17) is 0 Å². The number of benzene rings is 1. The Hall–Kier alpha value is -2.47. The molecule has 4 rings (SSSR count). The molecule has 1 N–H and O–H groups in total. The molecule has 1 aliphatic carbocycles. The van der Waals surface area contributed by atoms with Crippen LogP contribution < -0.4 is 5.43 Å². The Balaban J connectivity index is 1.45. The Morgan fingerprint density at radius 2 is 1.96 bits per heavy atom. The molecule has 0 amide bonds. The van der Waals surface area contributed by atoms with Crippen LogP contribution in [-0.4, -0.2) is 15.8 Å². The lowest BCUT2D eigenvalue weighted by molar-refractivity contribution is 0.500. The van der Waals surface area contributed by atoms with Gasteiger partial charge in [0.05, 0.1) is 11.9 Å². The van der Waals surface area contributed by atoms with Gasteiger partial charge in [-0.15, -0.1) is 11.3 Å². The van der Waals surface area contributed by atoms with E-state index in [0.717, 1.165) is 22.0 Å². The Morgan fingerprint density at radius 3 is 2.70 bits per heavy atom. The number of hydrogen-bond donors (Lipinski definition) is 1. The molecule has 1 saturated carbocycles. The molecule has 1 aliphatic rings. The number of thiazole rings is 1. The molecule has 2 heterocycles. The zero-order chi connectivity index (χ0) is 18.8. The fourth-order valence-corrected chi connectivity index (χ4v) is 4.56. The van der Waals surface area contributed by atoms with E-state index in [1.54, 1.807) is 12.1 Å². The summed E-state index contributed by atoms with van der Waals surface area (Å²) in [6.45, 7) is 4.34. The quantitative estimate of drug-likeness (QED) is 0.439. The predicted octanol–water partition coefficient (Wildman–Crippen LogP) is 5.93. The summed E-state index contributed by atoms with van der Waals surface area (Å²) in [5.41, 5.74) is 8.44. The third-order valence-electron chi connectivity index (χ3n) is 5.22. The minimum atomic E-state index is -0.243. The number of nitrogens with one attached hydrogen (secondary N) is 1. The molecule has 6 heteroatoms. The molecule has 0 saturated heterocycles. The topological polar surface area (TPSA) is 42.2 Å². The van der Waals surface area contributed by atoms with Gasteiger partial charge in [0.1, 0.15) is 5.82 Å². The number of halogens is 1. The normalized spacial score (nSPS) is 15.1. The van der Waals surface area contributed by atoms with Crippen LogP contribution in [0.3, 0.4) is 0 Å². The Morgan fingerprint density at radius 1 is 1.22 bits per heavy atom. The van der Waals surface area contributed by atoms with Crippen molar-refractivity contribution in [3.63, 3.8) is 0 Å². The molecular weight excluding hydrogens is 359 g/mol. The summed E-state index contributed by atoms with van der Waals surface area (Å²) in [6, 6.07) is 9.19. The fourth-order valence-electron chi connectivity index (χ4n) is 3.89. The van der Waals surface area contributed by atoms with E-state index in [1.807, 2.05) is 11.6 Å². The summed E-state index contributed by atoms with van der Waals surface area (Å²) in [4.78, 5) is 4.52. The molecule has 140 valence electrons. The summed E-state index contributed by atoms with van der Waals surface area (Å²) in [6.07, 6.45) is 7.07. The van der Waals surface area contributed by atoms with Gasteiger partial charge in [-0.3, -0.25) is 5.43 Å². The molecular formula is C21H23FN4S. The number of anilines is 1. The van der Waals surface area contributed by atoms with Crippen LogP contribution in [0.2, 0.25) is 0 Å². The zero-order valence-corrected chi connectivity index (χ0v) is 16.4. The summed E-state index contributed by atoms with van der Waals surface area (Å²) in [5.74, 6) is -0.243. The first-order valence-corrected chi connectivity index (χ1v) is 10.2. The van der Waals surface area contributed by atoms with Crippen molar-refractivity contribution in [3.05, 3.63) is 58.5 Å². The van der Waals surface area contributed by atoms with Crippen LogP contribution in [0.5, 0.6) is 0 Å². The SMILES string of the molecule is Cc1cc(/C=N/Nc2nc(-c3ccc(F)cc3)cs2)c(C)n1C1CCCC1. The molecule has 0 spiro atoms. The van der Waals surface area contributed by atoms with Crippen LogP contribution >= 0.6 is 11.3 Å². The van der Waals surface area contributed by atoms with E-state index in [-0.39, 0.29) is 5.82 Å². The summed E-state index contributed by atoms with van der Waals surface area (Å²) < 4.78 is 15.5. The highest BCUT2D eigenvalue weighted by Crippen LogP contribution is 2.33. The highest BCUT2D eigenvalue weighted by molar-refractivity contribution is 7.14. The monoisotopic (exact) mass is 382 g/mol. The molecule has 3 aromatic rings. The van der Waals surface area contributed by atoms with Crippen molar-refractivity contribution in [1.29, 1.82) is 0 Å². The second kappa shape index (κ2) is 7.64. The maximum atomic E-state index is 13.0. The Kier molecular flexibility index (Phi) is 5.07. The fraction of sp³-hybridized carbons (Fsp3) is 0.333. The molecule has 0 bridgehead atoms. The average molecular weight is 383 g/mol. The van der Waals surface area contributed by atoms with Gasteiger partial charge in [-0.05, 0) is 57.0 Å². The first-order chi connectivity index (χ1) is 13.1. The van der Waals surface area contributed by atoms with Crippen molar-refractivity contribution < 1.29 is 4.39 Å². The molecule has 0 unspecified atom stereocenters. The lowest BCUT2D eigenvalue weighted by atomic mass is 10.2. The maximum absolute atomic E-state index is 13.0. The van der Waals surface area contributed by atoms with Crippen molar-refractivity contribution >= 4 is 22.7 Å². The lowest BCUT2D eigenvalue weighted by Gasteiger charge is -2.17. The van der Waals surface area contributed by atoms with Crippen molar-refractivity contribution in [1.82, 2.24) is 9.55 Å². The summed E-state index contributed by atoms with van der Waals surface area (Å²) >= 11 is 1.48. The van der Waals surface area contributed by atoms with Crippen LogP contribution in [-0.2, 0) is 0 Å². The van der Waals surface area contributed by atoms with Crippen LogP contribution in [0.15, 0.2) is 40.8 Å². The van der Waals surface area contributed by atoms with E-state index in [0.29, 0.717) is 6.04 Å². The summed E-state index contributed by atoms with van der Waals surface area (Å²) in [7, 11) is 0. The van der Waals surface area contributed by atoms with Gasteiger partial charge in [0.15, 0.2) is 0 Å². The zero-order valence-electron chi connectivity index (χ0n) is 15.6. The van der Waals surface area contributed by atoms with Crippen LogP contribution in [0.4, 0.5) is 9.52 Å². The van der Waals surface area contributed by atoms with Gasteiger partial charge < -0.3 is 4.57 Å². The van der Waals surface area contributed by atoms with Crippen molar-refractivity contribution in [2.45, 2.75) is 45.6 Å². The van der Waals surface area contributed by atoms with E-state index in [9.17, 15) is 4.39 Å². The second-order valence-corrected chi connectivity index (χ2v) is 7.91. The van der Waals surface area contributed by atoms with Crippen LogP contribution in [0, 0.1) is 19.7 Å². The van der Waals surface area contributed by atoms with E-state index in [1.165, 1.54) is 60.5 Å². The smallest absolute Gasteiger partial charge is 0.203 e. The Bertz CT molecular complexity index is 949. The van der Waals surface area contributed by atoms with Crippen LogP contribution in [0.1, 0.15) is 48.7 Å². The van der Waals surface area contributed by atoms with Gasteiger partial charge in [0, 0.05) is 33.9 Å². The molecule has 0 atom stereocenters. The molecule has 0 aliphatic heterocycles. The largest absolute Gasteiger partial charge is 0.345 e. The molecule has 4 nitrogen and oxygen atoms in total. The molecule has 2 aromatic heterocycles. The average Bonchev–Trinajstić information content (AvgIpc) is 3.38. The lowest BCUT2D eigenvalue weighted by Crippen LogP contribution is -2.08. The molecule has 0 radical (unpaired) electrons. The van der Waals surface area contributed by atoms with Gasteiger partial charge in [-0.1, -0.05) is 12.8 Å². The number of aromatic nitrogens is 2. The minimum absolute atomic E-state index is 0.243. The van der Waals surface area contributed by atoms with Crippen LogP contribution in [0.25, 0.3) is 11.3 Å². The van der Waals surface area contributed by atoms with Crippen molar-refractivity contribution in [2.75, 3.05) is 5.43 Å². The standard InChI is InChI=1S/C21H23FN4S/c1-14-11-17(15(2)26(14)19-5-3-4-6-19)12-23-25-21-24-20(13-27-21)16-7-9-18(22)10-8-16/h7-13,19H,3-6H2,1-2H3,(H,24,25)/b23-12+. The molecule has 1 fully saturated rings. The van der Waals surface area contributed by atoms with Crippen molar-refractivity contribution in [3.8, 4) is 11.3 Å². The first kappa shape index (κ1) is 17.9. The third kappa shape index (κ3) is 3.81. The van der Waals surface area contributed by atoms with Crippen molar-refractivity contribution in [2.24, 2.45) is 5.10 Å². The van der Waals surface area contributed by atoms with E-state index < -0.39 is 0 Å². The molecule has 27 heavy (non-hydrogen) atoms. The number of aryl methyl sites for hydroxylation is 1. The summed E-state index contributed by atoms with van der Waals surface area (Å²) in [5, 5.41) is 7.03. The number of rotatable bonds is 5. The second-order valence-electron chi connectivity index (χ2n) is 7.05. The third-order valence-corrected chi connectivity index (χ3v) is 5.97. The van der Waals surface area contributed by atoms with Gasteiger partial charge in [0.2, 0.25) is 5.13 Å². The van der Waals surface area contributed by atoms with Gasteiger partial charge >= 0.3 is 0 Å². The number of hydrazone groups is 1. The van der Waals surface area contributed by atoms with E-state index in [2.05, 4.69) is 40.0 Å². The Labute approximate surface area is 162 Å². The molecule has 1 aromatic carbocycles. The highest BCUT2D eigenvalue weighted by Gasteiger charge is 2.20.